The van der Waals surface area contributed by atoms with Crippen LogP contribution in [0.25, 0.3) is 11.3 Å². The van der Waals surface area contributed by atoms with Crippen LogP contribution in [0.3, 0.4) is 0 Å². The average Bonchev–Trinajstić information content (AvgIpc) is 3.47. The van der Waals surface area contributed by atoms with E-state index in [1.807, 2.05) is 30.3 Å². The van der Waals surface area contributed by atoms with Gasteiger partial charge < -0.3 is 14.1 Å². The fraction of sp³-hybridized carbons (Fsp3) is 0.273. The van der Waals surface area contributed by atoms with Gasteiger partial charge in [0.05, 0.1) is 29.4 Å². The Balaban J connectivity index is 1.53. The summed E-state index contributed by atoms with van der Waals surface area (Å²) in [5, 5.41) is 12.6. The topological polar surface area (TPSA) is 94.0 Å². The van der Waals surface area contributed by atoms with Crippen molar-refractivity contribution in [1.29, 1.82) is 0 Å². The highest BCUT2D eigenvalue weighted by molar-refractivity contribution is 8.14. The number of nitro groups is 1. The molecule has 0 unspecified atom stereocenters. The molecule has 2 aliphatic rings. The summed E-state index contributed by atoms with van der Waals surface area (Å²) >= 11 is 1.77. The van der Waals surface area contributed by atoms with E-state index in [-0.39, 0.29) is 17.8 Å². The molecule has 2 aromatic heterocycles. The van der Waals surface area contributed by atoms with Crippen LogP contribution in [0.4, 0.5) is 5.69 Å². The van der Waals surface area contributed by atoms with E-state index in [1.165, 1.54) is 19.2 Å². The summed E-state index contributed by atoms with van der Waals surface area (Å²) in [4.78, 5) is 22.4. The summed E-state index contributed by atoms with van der Waals surface area (Å²) in [7, 11) is 1.49. The Labute approximate surface area is 183 Å². The fourth-order valence-corrected chi connectivity index (χ4v) is 5.17. The summed E-state index contributed by atoms with van der Waals surface area (Å²) in [6.07, 6.45) is 1.78. The van der Waals surface area contributed by atoms with E-state index in [0.29, 0.717) is 22.3 Å². The lowest BCUT2D eigenvalue weighted by Crippen LogP contribution is -2.28. The number of nitro benzene ring substituents is 1. The minimum atomic E-state index is -0.444. The first-order valence-corrected chi connectivity index (χ1v) is 10.8. The van der Waals surface area contributed by atoms with E-state index in [4.69, 9.17) is 14.1 Å². The Morgan fingerprint density at radius 2 is 2.13 bits per heavy atom. The predicted molar refractivity (Wildman–Crippen MR) is 118 cm³/mol. The Bertz CT molecular complexity index is 1160. The second-order valence-electron chi connectivity index (χ2n) is 7.48. The summed E-state index contributed by atoms with van der Waals surface area (Å²) in [6, 6.07) is 13.9. The zero-order valence-corrected chi connectivity index (χ0v) is 17.8. The van der Waals surface area contributed by atoms with Gasteiger partial charge in [0.15, 0.2) is 5.17 Å². The second-order valence-corrected chi connectivity index (χ2v) is 8.89. The van der Waals surface area contributed by atoms with E-state index >= 15 is 0 Å². The van der Waals surface area contributed by atoms with Crippen LogP contribution in [-0.2, 0) is 0 Å². The van der Waals surface area contributed by atoms with Crippen molar-refractivity contribution in [3.05, 3.63) is 76.3 Å². The number of non-ortho nitro benzene ring substituents is 1. The maximum atomic E-state index is 11.1. The van der Waals surface area contributed by atoms with Gasteiger partial charge >= 0.3 is 0 Å². The van der Waals surface area contributed by atoms with Crippen LogP contribution in [0.5, 0.6) is 5.75 Å². The summed E-state index contributed by atoms with van der Waals surface area (Å²) in [5.74, 6) is 1.76. The molecule has 0 aliphatic carbocycles. The van der Waals surface area contributed by atoms with Crippen molar-refractivity contribution in [2.75, 3.05) is 13.7 Å². The number of furan rings is 1. The van der Waals surface area contributed by atoms with Crippen LogP contribution in [0, 0.1) is 10.1 Å². The van der Waals surface area contributed by atoms with E-state index in [9.17, 15) is 10.1 Å². The van der Waals surface area contributed by atoms with Crippen molar-refractivity contribution in [2.45, 2.75) is 24.3 Å². The molecule has 31 heavy (non-hydrogen) atoms. The Morgan fingerprint density at radius 1 is 1.26 bits per heavy atom. The number of benzene rings is 1. The van der Waals surface area contributed by atoms with Crippen molar-refractivity contribution < 1.29 is 14.1 Å². The van der Waals surface area contributed by atoms with E-state index in [1.54, 1.807) is 24.0 Å². The quantitative estimate of drug-likeness (QED) is 0.417. The predicted octanol–water partition coefficient (Wildman–Crippen LogP) is 4.85. The maximum absolute atomic E-state index is 11.1. The molecule has 1 fully saturated rings. The van der Waals surface area contributed by atoms with Crippen molar-refractivity contribution in [1.82, 2.24) is 9.88 Å². The van der Waals surface area contributed by atoms with Gasteiger partial charge in [0.25, 0.3) is 5.69 Å². The number of nitrogens with zero attached hydrogens (tertiary/aromatic N) is 4. The molecule has 0 spiro atoms. The first-order valence-electron chi connectivity index (χ1n) is 9.89. The largest absolute Gasteiger partial charge is 0.496 e. The maximum Gasteiger partial charge on any atom is 0.273 e. The van der Waals surface area contributed by atoms with Crippen LogP contribution in [-0.4, -0.2) is 38.9 Å². The van der Waals surface area contributed by atoms with Gasteiger partial charge in [-0.2, -0.15) is 0 Å². The smallest absolute Gasteiger partial charge is 0.273 e. The minimum absolute atomic E-state index is 0.0282. The summed E-state index contributed by atoms with van der Waals surface area (Å²) in [5.41, 5.74) is 1.53. The molecule has 0 saturated carbocycles. The summed E-state index contributed by atoms with van der Waals surface area (Å²) < 4.78 is 11.7. The van der Waals surface area contributed by atoms with E-state index in [2.05, 4.69) is 16.8 Å². The molecular weight excluding hydrogens is 416 g/mol. The Morgan fingerprint density at radius 3 is 2.87 bits per heavy atom. The molecule has 1 aromatic carbocycles. The normalized spacial score (nSPS) is 22.3. The average molecular weight is 436 g/mol. The number of hydrogen-bond donors (Lipinski definition) is 0. The van der Waals surface area contributed by atoms with Crippen LogP contribution in [0.2, 0.25) is 0 Å². The molecule has 158 valence electrons. The third-order valence-electron chi connectivity index (χ3n) is 5.46. The number of pyridine rings is 1. The number of rotatable bonds is 5. The van der Waals surface area contributed by atoms with Gasteiger partial charge in [-0.1, -0.05) is 24.8 Å². The Kier molecular flexibility index (Phi) is 4.90. The van der Waals surface area contributed by atoms with Gasteiger partial charge in [0.1, 0.15) is 29.4 Å². The molecule has 8 nitrogen and oxygen atoms in total. The molecule has 1 saturated heterocycles. The highest BCUT2D eigenvalue weighted by Gasteiger charge is 2.45. The van der Waals surface area contributed by atoms with Gasteiger partial charge in [-0.3, -0.25) is 15.1 Å². The van der Waals surface area contributed by atoms with Crippen molar-refractivity contribution >= 4 is 22.6 Å². The molecule has 9 heteroatoms. The third kappa shape index (κ3) is 3.44. The molecule has 0 N–H and O–H groups in total. The second kappa shape index (κ2) is 7.73. The monoisotopic (exact) mass is 436 g/mol. The van der Waals surface area contributed by atoms with E-state index in [0.717, 1.165) is 23.2 Å². The molecule has 5 rings (SSSR count). The van der Waals surface area contributed by atoms with Crippen molar-refractivity contribution in [3.63, 3.8) is 0 Å². The minimum Gasteiger partial charge on any atom is -0.496 e. The number of aliphatic imine (C=N–C) groups is 1. The van der Waals surface area contributed by atoms with Crippen LogP contribution < -0.4 is 4.74 Å². The zero-order chi connectivity index (χ0) is 21.5. The number of ether oxygens (including phenoxy) is 1. The van der Waals surface area contributed by atoms with Crippen molar-refractivity contribution in [2.24, 2.45) is 4.99 Å². The number of thioether (sulfide) groups is 1. The van der Waals surface area contributed by atoms with Crippen LogP contribution in [0.1, 0.15) is 30.5 Å². The molecule has 3 aromatic rings. The van der Waals surface area contributed by atoms with Gasteiger partial charge in [-0.25, -0.2) is 4.99 Å². The van der Waals surface area contributed by atoms with Gasteiger partial charge in [0, 0.05) is 24.1 Å². The number of amidine groups is 1. The number of aromatic nitrogens is 1. The first-order chi connectivity index (χ1) is 15.0. The number of hydrogen-bond acceptors (Lipinski definition) is 8. The molecule has 3 atom stereocenters. The molecule has 0 bridgehead atoms. The van der Waals surface area contributed by atoms with Gasteiger partial charge in [0.2, 0.25) is 0 Å². The molecule has 4 heterocycles. The summed E-state index contributed by atoms with van der Waals surface area (Å²) in [6.45, 7) is 3.07. The van der Waals surface area contributed by atoms with Gasteiger partial charge in [-0.15, -0.1) is 0 Å². The Hall–Kier alpha value is -3.33. The first kappa shape index (κ1) is 19.6. The molecule has 0 radical (unpaired) electrons. The molecular formula is C22H20N4O4S. The molecule has 0 amide bonds. The lowest BCUT2D eigenvalue weighted by Gasteiger charge is -2.25. The zero-order valence-electron chi connectivity index (χ0n) is 17.0. The standard InChI is InChI=1S/C22H20N4O4S/c1-13-12-25-21(20(24-22(25)31-13)16-5-3-4-10-23-16)18-9-8-17(30-18)15-7-6-14(26(27)28)11-19(15)29-2/h3-11,13,20-21H,12H2,1-2H3/t13-,20+,21-/m1/s1. The molecule has 2 aliphatic heterocycles. The van der Waals surface area contributed by atoms with Gasteiger partial charge in [-0.05, 0) is 30.3 Å². The highest BCUT2D eigenvalue weighted by Crippen LogP contribution is 2.48. The number of methoxy groups -OCH3 is 1. The lowest BCUT2D eigenvalue weighted by atomic mass is 10.0. The fourth-order valence-electron chi connectivity index (χ4n) is 4.08. The SMILES string of the molecule is COc1cc([N+](=O)[O-])ccc1-c1ccc([C@@H]2[C@H](c3ccccn3)N=C3S[C@H](C)CN32)o1. The highest BCUT2D eigenvalue weighted by atomic mass is 32.2. The number of fused-ring (bicyclic) bond motifs is 1. The van der Waals surface area contributed by atoms with Crippen molar-refractivity contribution in [3.8, 4) is 17.1 Å². The van der Waals surface area contributed by atoms with Crippen LogP contribution in [0.15, 0.2) is 64.1 Å². The van der Waals surface area contributed by atoms with E-state index < -0.39 is 4.92 Å². The lowest BCUT2D eigenvalue weighted by molar-refractivity contribution is -0.384. The van der Waals surface area contributed by atoms with Crippen LogP contribution >= 0.6 is 11.8 Å². The third-order valence-corrected chi connectivity index (χ3v) is 6.56.